The number of hydrogen-bond donors (Lipinski definition) is 0. The van der Waals surface area contributed by atoms with Gasteiger partial charge in [0.1, 0.15) is 0 Å². The van der Waals surface area contributed by atoms with Crippen LogP contribution in [-0.2, 0) is 17.9 Å². The molecule has 2 heterocycles. The van der Waals surface area contributed by atoms with Crippen molar-refractivity contribution in [1.29, 1.82) is 0 Å². The van der Waals surface area contributed by atoms with Crippen LogP contribution in [0.1, 0.15) is 37.3 Å². The van der Waals surface area contributed by atoms with E-state index in [1.807, 2.05) is 11.0 Å². The highest BCUT2D eigenvalue weighted by Gasteiger charge is 2.30. The Morgan fingerprint density at radius 1 is 0.871 bits per heavy atom. The summed E-state index contributed by atoms with van der Waals surface area (Å²) in [5, 5.41) is 0. The lowest BCUT2D eigenvalue weighted by molar-refractivity contribution is -0.137. The molecular weight excluding hydrogens is 382 g/mol. The maximum Gasteiger partial charge on any atom is 0.226 e. The largest absolute Gasteiger partial charge is 0.338 e. The normalized spacial score (nSPS) is 20.7. The smallest absolute Gasteiger partial charge is 0.226 e. The molecule has 0 spiro atoms. The Kier molecular flexibility index (Phi) is 7.76. The first-order chi connectivity index (χ1) is 15.2. The number of nitrogens with zero attached hydrogens (tertiary/aromatic N) is 3. The van der Waals surface area contributed by atoms with Crippen LogP contribution in [0.25, 0.3) is 0 Å². The van der Waals surface area contributed by atoms with Crippen molar-refractivity contribution in [1.82, 2.24) is 14.7 Å². The van der Waals surface area contributed by atoms with Crippen molar-refractivity contribution >= 4 is 5.91 Å². The Bertz CT molecular complexity index is 802. The van der Waals surface area contributed by atoms with Crippen molar-refractivity contribution in [3.8, 4) is 0 Å². The van der Waals surface area contributed by atoms with Gasteiger partial charge in [-0.2, -0.15) is 0 Å². The van der Waals surface area contributed by atoms with Gasteiger partial charge in [0.15, 0.2) is 0 Å². The second-order valence-corrected chi connectivity index (χ2v) is 9.29. The molecule has 2 aromatic carbocycles. The number of piperidine rings is 1. The molecule has 2 saturated heterocycles. The van der Waals surface area contributed by atoms with E-state index < -0.39 is 0 Å². The molecular formula is C27H37N3O. The van der Waals surface area contributed by atoms with E-state index in [0.29, 0.717) is 5.91 Å². The molecule has 0 unspecified atom stereocenters. The molecule has 0 saturated carbocycles. The molecule has 1 atom stereocenters. The zero-order chi connectivity index (χ0) is 21.5. The number of benzene rings is 2. The van der Waals surface area contributed by atoms with Crippen LogP contribution in [-0.4, -0.2) is 59.9 Å². The molecule has 2 fully saturated rings. The van der Waals surface area contributed by atoms with Gasteiger partial charge < -0.3 is 9.80 Å². The molecule has 2 aromatic rings. The van der Waals surface area contributed by atoms with Crippen LogP contribution < -0.4 is 0 Å². The zero-order valence-corrected chi connectivity index (χ0v) is 19.0. The van der Waals surface area contributed by atoms with Crippen molar-refractivity contribution in [2.75, 3.05) is 39.3 Å². The summed E-state index contributed by atoms with van der Waals surface area (Å²) in [4.78, 5) is 20.3. The summed E-state index contributed by atoms with van der Waals surface area (Å²) in [6.45, 7) is 10.4. The molecule has 166 valence electrons. The van der Waals surface area contributed by atoms with Gasteiger partial charge in [0.25, 0.3) is 0 Å². The molecule has 0 radical (unpaired) electrons. The number of carbonyl (C=O) groups excluding carboxylic acids is 1. The van der Waals surface area contributed by atoms with Crippen molar-refractivity contribution in [2.24, 2.45) is 11.8 Å². The topological polar surface area (TPSA) is 26.8 Å². The minimum Gasteiger partial charge on any atom is -0.338 e. The van der Waals surface area contributed by atoms with E-state index in [1.165, 1.54) is 37.2 Å². The van der Waals surface area contributed by atoms with Gasteiger partial charge >= 0.3 is 0 Å². The highest BCUT2D eigenvalue weighted by Crippen LogP contribution is 2.24. The van der Waals surface area contributed by atoms with E-state index in [9.17, 15) is 4.79 Å². The SMILES string of the molecule is CCN(Cc1ccccc1)C(=O)C1CCN(C[C@@H]2CCN(Cc3ccccc3)C2)CC1. The Morgan fingerprint density at radius 2 is 1.48 bits per heavy atom. The summed E-state index contributed by atoms with van der Waals surface area (Å²) < 4.78 is 0. The lowest BCUT2D eigenvalue weighted by atomic mass is 9.94. The first-order valence-corrected chi connectivity index (χ1v) is 12.0. The zero-order valence-electron chi connectivity index (χ0n) is 19.0. The summed E-state index contributed by atoms with van der Waals surface area (Å²) in [6, 6.07) is 21.2. The fourth-order valence-electron chi connectivity index (χ4n) is 5.18. The molecule has 4 nitrogen and oxygen atoms in total. The fourth-order valence-corrected chi connectivity index (χ4v) is 5.18. The van der Waals surface area contributed by atoms with Crippen molar-refractivity contribution in [3.63, 3.8) is 0 Å². The van der Waals surface area contributed by atoms with Gasteiger partial charge in [-0.05, 0) is 62.9 Å². The molecule has 31 heavy (non-hydrogen) atoms. The number of hydrogen-bond acceptors (Lipinski definition) is 3. The maximum absolute atomic E-state index is 13.1. The van der Waals surface area contributed by atoms with Gasteiger partial charge in [0.2, 0.25) is 5.91 Å². The van der Waals surface area contributed by atoms with Crippen molar-refractivity contribution in [2.45, 2.75) is 39.3 Å². The summed E-state index contributed by atoms with van der Waals surface area (Å²) in [5.74, 6) is 1.31. The standard InChI is InChI=1S/C27H37N3O/c1-2-30(22-24-11-7-4-8-12-24)27(31)26-14-17-28(18-15-26)20-25-13-16-29(21-25)19-23-9-5-3-6-10-23/h3-12,25-26H,2,13-22H2,1H3/t25-/m0/s1. The van der Waals surface area contributed by atoms with Gasteiger partial charge in [-0.1, -0.05) is 60.7 Å². The van der Waals surface area contributed by atoms with Gasteiger partial charge in [0.05, 0.1) is 0 Å². The van der Waals surface area contributed by atoms with E-state index in [0.717, 1.165) is 51.5 Å². The summed E-state index contributed by atoms with van der Waals surface area (Å²) in [7, 11) is 0. The molecule has 2 aliphatic rings. The van der Waals surface area contributed by atoms with Crippen molar-refractivity contribution in [3.05, 3.63) is 71.8 Å². The molecule has 4 rings (SSSR count). The van der Waals surface area contributed by atoms with Gasteiger partial charge in [0, 0.05) is 38.6 Å². The van der Waals surface area contributed by atoms with Gasteiger partial charge in [-0.25, -0.2) is 0 Å². The van der Waals surface area contributed by atoms with Crippen molar-refractivity contribution < 1.29 is 4.79 Å². The number of carbonyl (C=O) groups is 1. The number of likely N-dealkylation sites (tertiary alicyclic amines) is 2. The van der Waals surface area contributed by atoms with Crippen LogP contribution in [0.5, 0.6) is 0 Å². The quantitative estimate of drug-likeness (QED) is 0.639. The summed E-state index contributed by atoms with van der Waals surface area (Å²) in [5.41, 5.74) is 2.63. The second kappa shape index (κ2) is 10.9. The Balaban J connectivity index is 1.20. The predicted octanol–water partition coefficient (Wildman–Crippen LogP) is 4.27. The molecule has 0 aromatic heterocycles. The molecule has 1 amide bonds. The van der Waals surface area contributed by atoms with Crippen LogP contribution in [0.4, 0.5) is 0 Å². The molecule has 0 aliphatic carbocycles. The van der Waals surface area contributed by atoms with Crippen LogP contribution >= 0.6 is 0 Å². The Labute approximate surface area is 187 Å². The Hall–Kier alpha value is -2.17. The van der Waals surface area contributed by atoms with E-state index in [-0.39, 0.29) is 5.92 Å². The third-order valence-electron chi connectivity index (χ3n) is 6.98. The van der Waals surface area contributed by atoms with Gasteiger partial charge in [-0.15, -0.1) is 0 Å². The third-order valence-corrected chi connectivity index (χ3v) is 6.98. The fraction of sp³-hybridized carbons (Fsp3) is 0.519. The van der Waals surface area contributed by atoms with Gasteiger partial charge in [-0.3, -0.25) is 9.69 Å². The molecule has 2 aliphatic heterocycles. The molecule has 0 N–H and O–H groups in total. The van der Waals surface area contributed by atoms with E-state index >= 15 is 0 Å². The second-order valence-electron chi connectivity index (χ2n) is 9.29. The van der Waals surface area contributed by atoms with Crippen LogP contribution in [0, 0.1) is 11.8 Å². The number of amides is 1. The van der Waals surface area contributed by atoms with E-state index in [4.69, 9.17) is 0 Å². The minimum absolute atomic E-state index is 0.193. The maximum atomic E-state index is 13.1. The minimum atomic E-state index is 0.193. The lowest BCUT2D eigenvalue weighted by Gasteiger charge is -2.35. The first-order valence-electron chi connectivity index (χ1n) is 12.0. The van der Waals surface area contributed by atoms with Crippen LogP contribution in [0.15, 0.2) is 60.7 Å². The molecule has 4 heteroatoms. The average Bonchev–Trinajstić information content (AvgIpc) is 3.25. The lowest BCUT2D eigenvalue weighted by Crippen LogP contribution is -2.43. The molecule has 0 bridgehead atoms. The monoisotopic (exact) mass is 419 g/mol. The average molecular weight is 420 g/mol. The highest BCUT2D eigenvalue weighted by molar-refractivity contribution is 5.79. The predicted molar refractivity (Wildman–Crippen MR) is 127 cm³/mol. The summed E-state index contributed by atoms with van der Waals surface area (Å²) >= 11 is 0. The highest BCUT2D eigenvalue weighted by atomic mass is 16.2. The Morgan fingerprint density at radius 3 is 2.13 bits per heavy atom. The van der Waals surface area contributed by atoms with Crippen LogP contribution in [0.3, 0.4) is 0 Å². The third kappa shape index (κ3) is 6.18. The van der Waals surface area contributed by atoms with Crippen LogP contribution in [0.2, 0.25) is 0 Å². The summed E-state index contributed by atoms with van der Waals surface area (Å²) in [6.07, 6.45) is 3.31. The van der Waals surface area contributed by atoms with E-state index in [2.05, 4.69) is 71.3 Å². The first kappa shape index (κ1) is 22.0. The van der Waals surface area contributed by atoms with E-state index in [1.54, 1.807) is 0 Å². The number of rotatable bonds is 8.